The van der Waals surface area contributed by atoms with E-state index in [9.17, 15) is 8.42 Å². The highest BCUT2D eigenvalue weighted by Gasteiger charge is 2.15. The predicted molar refractivity (Wildman–Crippen MR) is 79.2 cm³/mol. The van der Waals surface area contributed by atoms with Crippen LogP contribution < -0.4 is 10.0 Å². The summed E-state index contributed by atoms with van der Waals surface area (Å²) >= 11 is 0. The first kappa shape index (κ1) is 15.7. The second-order valence-electron chi connectivity index (χ2n) is 4.51. The minimum Gasteiger partial charge on any atom is -0.469 e. The number of hydrogen-bond acceptors (Lipinski definition) is 5. The zero-order chi connectivity index (χ0) is 15.1. The molecule has 114 valence electrons. The van der Waals surface area contributed by atoms with Gasteiger partial charge in [0.25, 0.3) is 10.0 Å². The molecule has 0 spiro atoms. The molecule has 0 bridgehead atoms. The Balaban J connectivity index is 1.92. The Labute approximate surface area is 124 Å². The molecule has 21 heavy (non-hydrogen) atoms. The highest BCUT2D eigenvalue weighted by Crippen LogP contribution is 2.07. The normalized spacial score (nSPS) is 11.7. The summed E-state index contributed by atoms with van der Waals surface area (Å²) in [5.74, 6) is 0.742. The van der Waals surface area contributed by atoms with Crippen LogP contribution in [0.3, 0.4) is 0 Å². The summed E-state index contributed by atoms with van der Waals surface area (Å²) in [4.78, 5) is 4.01. The van der Waals surface area contributed by atoms with Crippen LogP contribution in [0, 0.1) is 0 Å². The van der Waals surface area contributed by atoms with Crippen molar-refractivity contribution in [2.45, 2.75) is 24.9 Å². The monoisotopic (exact) mass is 309 g/mol. The van der Waals surface area contributed by atoms with Gasteiger partial charge in [-0.2, -0.15) is 0 Å². The van der Waals surface area contributed by atoms with Crippen LogP contribution in [0.15, 0.2) is 46.2 Å². The summed E-state index contributed by atoms with van der Waals surface area (Å²) in [6.45, 7) is 3.82. The van der Waals surface area contributed by atoms with Crippen LogP contribution in [0.4, 0.5) is 0 Å². The fourth-order valence-electron chi connectivity index (χ4n) is 1.78. The number of nitrogens with one attached hydrogen (secondary N) is 2. The Bertz CT molecular complexity index is 637. The van der Waals surface area contributed by atoms with Gasteiger partial charge in [-0.05, 0) is 30.3 Å². The van der Waals surface area contributed by atoms with Gasteiger partial charge >= 0.3 is 0 Å². The molecule has 0 amide bonds. The van der Waals surface area contributed by atoms with Crippen molar-refractivity contribution in [3.8, 4) is 0 Å². The van der Waals surface area contributed by atoms with Crippen molar-refractivity contribution in [1.29, 1.82) is 0 Å². The zero-order valence-electron chi connectivity index (χ0n) is 11.9. The van der Waals surface area contributed by atoms with Gasteiger partial charge in [-0.3, -0.25) is 0 Å². The van der Waals surface area contributed by atoms with Crippen LogP contribution in [-0.2, 0) is 23.0 Å². The lowest BCUT2D eigenvalue weighted by molar-refractivity contribution is 0.505. The van der Waals surface area contributed by atoms with E-state index in [2.05, 4.69) is 15.0 Å². The van der Waals surface area contributed by atoms with Gasteiger partial charge in [0, 0.05) is 25.7 Å². The Kier molecular flexibility index (Phi) is 5.49. The number of nitrogens with zero attached hydrogens (tertiary/aromatic N) is 1. The maximum atomic E-state index is 12.1. The van der Waals surface area contributed by atoms with Crippen molar-refractivity contribution in [2.75, 3.05) is 13.1 Å². The molecule has 0 saturated carbocycles. The third-order valence-electron chi connectivity index (χ3n) is 2.90. The summed E-state index contributed by atoms with van der Waals surface area (Å²) in [6, 6.07) is 6.86. The Morgan fingerprint density at radius 3 is 2.76 bits per heavy atom. The second-order valence-corrected chi connectivity index (χ2v) is 6.23. The highest BCUT2D eigenvalue weighted by atomic mass is 32.2. The molecule has 0 aliphatic rings. The molecule has 2 aromatic rings. The minimum atomic E-state index is -3.57. The van der Waals surface area contributed by atoms with E-state index < -0.39 is 10.0 Å². The van der Waals surface area contributed by atoms with E-state index >= 15 is 0 Å². The molecule has 7 heteroatoms. The van der Waals surface area contributed by atoms with Gasteiger partial charge in [0.15, 0.2) is 5.03 Å². The molecular formula is C14H19N3O3S. The number of aromatic nitrogens is 1. The molecule has 2 aromatic heterocycles. The number of pyridine rings is 1. The Morgan fingerprint density at radius 2 is 2.14 bits per heavy atom. The largest absolute Gasteiger partial charge is 0.469 e. The molecule has 0 radical (unpaired) electrons. The SMILES string of the molecule is CCNCc1ccc(S(=O)(=O)NCCc2ccco2)nc1. The molecule has 0 atom stereocenters. The lowest BCUT2D eigenvalue weighted by Crippen LogP contribution is -2.26. The van der Waals surface area contributed by atoms with Gasteiger partial charge in [0.2, 0.25) is 0 Å². The highest BCUT2D eigenvalue weighted by molar-refractivity contribution is 7.89. The first-order valence-electron chi connectivity index (χ1n) is 6.79. The van der Waals surface area contributed by atoms with Crippen molar-refractivity contribution in [2.24, 2.45) is 0 Å². The first-order chi connectivity index (χ1) is 10.1. The molecule has 0 aliphatic heterocycles. The van der Waals surface area contributed by atoms with E-state index in [0.717, 1.165) is 17.9 Å². The Morgan fingerprint density at radius 1 is 1.29 bits per heavy atom. The summed E-state index contributed by atoms with van der Waals surface area (Å²) < 4.78 is 31.8. The van der Waals surface area contributed by atoms with E-state index in [0.29, 0.717) is 13.0 Å². The van der Waals surface area contributed by atoms with Gasteiger partial charge in [0.1, 0.15) is 5.76 Å². The quantitative estimate of drug-likeness (QED) is 0.768. The van der Waals surface area contributed by atoms with Crippen LogP contribution in [0.1, 0.15) is 18.2 Å². The molecule has 2 rings (SSSR count). The van der Waals surface area contributed by atoms with E-state index in [-0.39, 0.29) is 11.6 Å². The third-order valence-corrected chi connectivity index (χ3v) is 4.27. The maximum absolute atomic E-state index is 12.1. The summed E-state index contributed by atoms with van der Waals surface area (Å²) in [5, 5.41) is 3.19. The summed E-state index contributed by atoms with van der Waals surface area (Å²) in [6.07, 6.45) is 3.64. The average molecular weight is 309 g/mol. The van der Waals surface area contributed by atoms with Crippen molar-refractivity contribution in [1.82, 2.24) is 15.0 Å². The van der Waals surface area contributed by atoms with Crippen LogP contribution in [0.5, 0.6) is 0 Å². The van der Waals surface area contributed by atoms with Gasteiger partial charge in [0.05, 0.1) is 6.26 Å². The van der Waals surface area contributed by atoms with E-state index in [1.807, 2.05) is 13.0 Å². The average Bonchev–Trinajstić information content (AvgIpc) is 2.98. The standard InChI is InChI=1S/C14H19N3O3S/c1-2-15-10-12-5-6-14(16-11-12)21(18,19)17-8-7-13-4-3-9-20-13/h3-6,9,11,15,17H,2,7-8,10H2,1H3. The van der Waals surface area contributed by atoms with Crippen molar-refractivity contribution >= 4 is 10.0 Å². The number of hydrogen-bond donors (Lipinski definition) is 2. The lowest BCUT2D eigenvalue weighted by Gasteiger charge is -2.06. The summed E-state index contributed by atoms with van der Waals surface area (Å²) in [5.41, 5.74) is 0.950. The lowest BCUT2D eigenvalue weighted by atomic mass is 10.3. The van der Waals surface area contributed by atoms with Crippen LogP contribution in [0.2, 0.25) is 0 Å². The summed E-state index contributed by atoms with van der Waals surface area (Å²) in [7, 11) is -3.57. The van der Waals surface area contributed by atoms with E-state index in [1.54, 1.807) is 24.6 Å². The van der Waals surface area contributed by atoms with E-state index in [4.69, 9.17) is 4.42 Å². The third kappa shape index (κ3) is 4.66. The molecule has 6 nitrogen and oxygen atoms in total. The molecule has 0 aromatic carbocycles. The van der Waals surface area contributed by atoms with Gasteiger partial charge < -0.3 is 9.73 Å². The smallest absolute Gasteiger partial charge is 0.258 e. The molecule has 0 saturated heterocycles. The fraction of sp³-hybridized carbons (Fsp3) is 0.357. The maximum Gasteiger partial charge on any atom is 0.258 e. The van der Waals surface area contributed by atoms with Crippen molar-refractivity contribution < 1.29 is 12.8 Å². The van der Waals surface area contributed by atoms with Crippen molar-refractivity contribution in [3.05, 3.63) is 48.0 Å². The predicted octanol–water partition coefficient (Wildman–Crippen LogP) is 1.31. The van der Waals surface area contributed by atoms with Gasteiger partial charge in [-0.1, -0.05) is 13.0 Å². The molecular weight excluding hydrogens is 290 g/mol. The fourth-order valence-corrected chi connectivity index (χ4v) is 2.74. The first-order valence-corrected chi connectivity index (χ1v) is 8.28. The van der Waals surface area contributed by atoms with Crippen LogP contribution in [-0.4, -0.2) is 26.5 Å². The van der Waals surface area contributed by atoms with Gasteiger partial charge in [-0.15, -0.1) is 0 Å². The molecule has 2 heterocycles. The molecule has 0 fully saturated rings. The van der Waals surface area contributed by atoms with Gasteiger partial charge in [-0.25, -0.2) is 18.1 Å². The van der Waals surface area contributed by atoms with Crippen molar-refractivity contribution in [3.63, 3.8) is 0 Å². The topological polar surface area (TPSA) is 84.2 Å². The van der Waals surface area contributed by atoms with Crippen LogP contribution in [0.25, 0.3) is 0 Å². The number of sulfonamides is 1. The number of furan rings is 1. The molecule has 0 aliphatic carbocycles. The van der Waals surface area contributed by atoms with E-state index in [1.165, 1.54) is 6.07 Å². The zero-order valence-corrected chi connectivity index (χ0v) is 12.7. The van der Waals surface area contributed by atoms with Crippen LogP contribution >= 0.6 is 0 Å². The Hall–Kier alpha value is -1.70. The molecule has 0 unspecified atom stereocenters. The molecule has 2 N–H and O–H groups in total. The number of rotatable bonds is 8. The second kappa shape index (κ2) is 7.35. The minimum absolute atomic E-state index is 0.0298.